The van der Waals surface area contributed by atoms with Crippen molar-refractivity contribution in [2.24, 2.45) is 5.84 Å². The Morgan fingerprint density at radius 2 is 2.20 bits per heavy atom. The second-order valence-electron chi connectivity index (χ2n) is 4.56. The molecule has 1 atom stereocenters. The summed E-state index contributed by atoms with van der Waals surface area (Å²) in [6, 6.07) is 5.60. The molecule has 0 radical (unpaired) electrons. The number of hydrogen-bond acceptors (Lipinski definition) is 5. The van der Waals surface area contributed by atoms with Crippen molar-refractivity contribution < 1.29 is 9.15 Å². The molecule has 108 valence electrons. The van der Waals surface area contributed by atoms with E-state index < -0.39 is 0 Å². The summed E-state index contributed by atoms with van der Waals surface area (Å²) in [5.41, 5.74) is 3.68. The fraction of sp³-hybridized carbons (Fsp3) is 0.400. The Morgan fingerprint density at radius 1 is 1.35 bits per heavy atom. The molecule has 0 saturated heterocycles. The monoisotopic (exact) mass is 275 g/mol. The maximum absolute atomic E-state index is 5.75. The normalized spacial score (nSPS) is 12.3. The number of aryl methyl sites for hydroxylation is 1. The van der Waals surface area contributed by atoms with E-state index in [-0.39, 0.29) is 6.04 Å². The average molecular weight is 275 g/mol. The molecule has 0 bridgehead atoms. The zero-order valence-electron chi connectivity index (χ0n) is 11.9. The number of aromatic nitrogens is 1. The third kappa shape index (κ3) is 3.37. The lowest BCUT2D eigenvalue weighted by atomic mass is 10.1. The Hall–Kier alpha value is -1.85. The van der Waals surface area contributed by atoms with Crippen LogP contribution < -0.4 is 16.0 Å². The molecule has 5 heteroatoms. The summed E-state index contributed by atoms with van der Waals surface area (Å²) in [6.45, 7) is 4.79. The molecule has 0 spiro atoms. The van der Waals surface area contributed by atoms with E-state index in [1.54, 1.807) is 12.4 Å². The first-order valence-electron chi connectivity index (χ1n) is 6.91. The van der Waals surface area contributed by atoms with Gasteiger partial charge in [0, 0.05) is 12.6 Å². The van der Waals surface area contributed by atoms with Gasteiger partial charge < -0.3 is 9.15 Å². The van der Waals surface area contributed by atoms with Crippen molar-refractivity contribution in [2.75, 3.05) is 6.61 Å². The third-order valence-corrected chi connectivity index (χ3v) is 3.02. The van der Waals surface area contributed by atoms with Crippen LogP contribution in [-0.4, -0.2) is 11.6 Å². The van der Waals surface area contributed by atoms with E-state index in [9.17, 15) is 0 Å². The largest absolute Gasteiger partial charge is 0.492 e. The summed E-state index contributed by atoms with van der Waals surface area (Å²) >= 11 is 0. The van der Waals surface area contributed by atoms with Crippen molar-refractivity contribution in [3.63, 3.8) is 0 Å². The van der Waals surface area contributed by atoms with Gasteiger partial charge in [0.25, 0.3) is 0 Å². The fourth-order valence-electron chi connectivity index (χ4n) is 1.97. The van der Waals surface area contributed by atoms with E-state index in [1.165, 1.54) is 0 Å². The molecular weight excluding hydrogens is 254 g/mol. The third-order valence-electron chi connectivity index (χ3n) is 3.02. The number of hydrazine groups is 1. The van der Waals surface area contributed by atoms with E-state index in [2.05, 4.69) is 17.3 Å². The summed E-state index contributed by atoms with van der Waals surface area (Å²) in [7, 11) is 0. The Bertz CT molecular complexity index is 539. The molecular formula is C15H21N3O2. The van der Waals surface area contributed by atoms with Gasteiger partial charge in [0.1, 0.15) is 23.3 Å². The Balaban J connectivity index is 2.22. The van der Waals surface area contributed by atoms with Crippen LogP contribution in [0.2, 0.25) is 0 Å². The minimum absolute atomic E-state index is 0.229. The molecule has 2 aromatic heterocycles. The number of ether oxygens (including phenoxy) is 1. The van der Waals surface area contributed by atoms with Crippen molar-refractivity contribution in [3.8, 4) is 5.75 Å². The quantitative estimate of drug-likeness (QED) is 0.600. The van der Waals surface area contributed by atoms with Crippen molar-refractivity contribution in [1.29, 1.82) is 0 Å². The highest BCUT2D eigenvalue weighted by atomic mass is 16.5. The number of nitrogens with one attached hydrogen (secondary N) is 1. The van der Waals surface area contributed by atoms with Crippen molar-refractivity contribution in [3.05, 3.63) is 47.7 Å². The standard InChI is InChI=1S/C15H21N3O2/c1-3-7-19-13-8-11(9-17-10-13)15(18-16)14-6-5-12(4-2)20-14/h5-6,8-10,15,18H,3-4,7,16H2,1-2H3. The van der Waals surface area contributed by atoms with Gasteiger partial charge in [-0.1, -0.05) is 13.8 Å². The minimum atomic E-state index is -0.229. The van der Waals surface area contributed by atoms with Gasteiger partial charge in [0.05, 0.1) is 12.8 Å². The van der Waals surface area contributed by atoms with Gasteiger partial charge in [-0.2, -0.15) is 0 Å². The molecule has 2 rings (SSSR count). The first-order valence-corrected chi connectivity index (χ1v) is 6.91. The van der Waals surface area contributed by atoms with Gasteiger partial charge in [-0.25, -0.2) is 5.43 Å². The highest BCUT2D eigenvalue weighted by molar-refractivity contribution is 5.31. The van der Waals surface area contributed by atoms with Gasteiger partial charge >= 0.3 is 0 Å². The molecule has 1 unspecified atom stereocenters. The van der Waals surface area contributed by atoms with Crippen LogP contribution in [0.3, 0.4) is 0 Å². The maximum Gasteiger partial charge on any atom is 0.137 e. The highest BCUT2D eigenvalue weighted by Gasteiger charge is 2.17. The molecule has 2 aromatic rings. The van der Waals surface area contributed by atoms with Gasteiger partial charge in [-0.3, -0.25) is 10.8 Å². The Morgan fingerprint density at radius 3 is 2.85 bits per heavy atom. The molecule has 0 aliphatic heterocycles. The SMILES string of the molecule is CCCOc1cncc(C(NN)c2ccc(CC)o2)c1. The molecule has 20 heavy (non-hydrogen) atoms. The van der Waals surface area contributed by atoms with Crippen LogP contribution in [-0.2, 0) is 6.42 Å². The maximum atomic E-state index is 5.75. The van der Waals surface area contributed by atoms with Crippen molar-refractivity contribution in [2.45, 2.75) is 32.7 Å². The topological polar surface area (TPSA) is 73.3 Å². The predicted octanol–water partition coefficient (Wildman–Crippen LogP) is 2.58. The van der Waals surface area contributed by atoms with Crippen LogP contribution in [0.5, 0.6) is 5.75 Å². The fourth-order valence-corrected chi connectivity index (χ4v) is 1.97. The number of pyridine rings is 1. The zero-order chi connectivity index (χ0) is 14.4. The number of hydrogen-bond donors (Lipinski definition) is 2. The van der Waals surface area contributed by atoms with Gasteiger partial charge in [-0.05, 0) is 30.2 Å². The number of nitrogens with two attached hydrogens (primary N) is 1. The van der Waals surface area contributed by atoms with Crippen LogP contribution in [0.15, 0.2) is 35.0 Å². The Labute approximate surface area is 119 Å². The molecule has 3 N–H and O–H groups in total. The van der Waals surface area contributed by atoms with E-state index in [0.29, 0.717) is 6.61 Å². The lowest BCUT2D eigenvalue weighted by Gasteiger charge is -2.14. The van der Waals surface area contributed by atoms with Crippen molar-refractivity contribution >= 4 is 0 Å². The van der Waals surface area contributed by atoms with E-state index in [4.69, 9.17) is 15.0 Å². The number of rotatable bonds is 7. The average Bonchev–Trinajstić information content (AvgIpc) is 2.95. The smallest absolute Gasteiger partial charge is 0.137 e. The van der Waals surface area contributed by atoms with Crippen LogP contribution in [0.1, 0.15) is 43.4 Å². The molecule has 0 amide bonds. The Kier molecular flexibility index (Phi) is 5.15. The summed E-state index contributed by atoms with van der Waals surface area (Å²) < 4.78 is 11.3. The first-order chi connectivity index (χ1) is 9.78. The highest BCUT2D eigenvalue weighted by Crippen LogP contribution is 2.25. The molecule has 0 aromatic carbocycles. The summed E-state index contributed by atoms with van der Waals surface area (Å²) in [5.74, 6) is 8.11. The molecule has 0 saturated carbocycles. The van der Waals surface area contributed by atoms with E-state index in [1.807, 2.05) is 25.1 Å². The van der Waals surface area contributed by atoms with E-state index >= 15 is 0 Å². The van der Waals surface area contributed by atoms with Crippen LogP contribution >= 0.6 is 0 Å². The van der Waals surface area contributed by atoms with E-state index in [0.717, 1.165) is 35.7 Å². The van der Waals surface area contributed by atoms with Crippen molar-refractivity contribution in [1.82, 2.24) is 10.4 Å². The molecule has 0 aliphatic rings. The van der Waals surface area contributed by atoms with Gasteiger partial charge in [0.15, 0.2) is 0 Å². The lowest BCUT2D eigenvalue weighted by Crippen LogP contribution is -2.28. The molecule has 5 nitrogen and oxygen atoms in total. The predicted molar refractivity (Wildman–Crippen MR) is 77.3 cm³/mol. The zero-order valence-corrected chi connectivity index (χ0v) is 11.9. The summed E-state index contributed by atoms with van der Waals surface area (Å²) in [4.78, 5) is 4.20. The number of furan rings is 1. The lowest BCUT2D eigenvalue weighted by molar-refractivity contribution is 0.315. The molecule has 0 fully saturated rings. The van der Waals surface area contributed by atoms with Crippen LogP contribution in [0.25, 0.3) is 0 Å². The molecule has 2 heterocycles. The van der Waals surface area contributed by atoms with Crippen LogP contribution in [0.4, 0.5) is 0 Å². The second kappa shape index (κ2) is 7.07. The minimum Gasteiger partial charge on any atom is -0.492 e. The van der Waals surface area contributed by atoms with Crippen LogP contribution in [0, 0.1) is 0 Å². The van der Waals surface area contributed by atoms with Gasteiger partial charge in [0.2, 0.25) is 0 Å². The summed E-state index contributed by atoms with van der Waals surface area (Å²) in [5, 5.41) is 0. The second-order valence-corrected chi connectivity index (χ2v) is 4.56. The number of nitrogens with zero attached hydrogens (tertiary/aromatic N) is 1. The van der Waals surface area contributed by atoms with Gasteiger partial charge in [-0.15, -0.1) is 0 Å². The molecule has 0 aliphatic carbocycles. The summed E-state index contributed by atoms with van der Waals surface area (Å²) in [6.07, 6.45) is 5.28. The first kappa shape index (κ1) is 14.6.